The molecule has 2 heterocycles. The SMILES string of the molecule is O=c1c2c3c(sc2[nH]c(=S)n1-c1ccc(Cl)cc1)CCCCCC3. The molecule has 6 heteroatoms. The number of aromatic amines is 1. The van der Waals surface area contributed by atoms with Crippen molar-refractivity contribution in [2.45, 2.75) is 38.5 Å². The molecule has 3 nitrogen and oxygen atoms in total. The largest absolute Gasteiger partial charge is 0.323 e. The topological polar surface area (TPSA) is 37.8 Å². The van der Waals surface area contributed by atoms with E-state index >= 15 is 0 Å². The van der Waals surface area contributed by atoms with Gasteiger partial charge in [-0.3, -0.25) is 9.36 Å². The van der Waals surface area contributed by atoms with Gasteiger partial charge >= 0.3 is 0 Å². The number of benzene rings is 1. The van der Waals surface area contributed by atoms with Gasteiger partial charge in [-0.2, -0.15) is 0 Å². The molecule has 0 saturated carbocycles. The smallest absolute Gasteiger partial charge is 0.267 e. The van der Waals surface area contributed by atoms with Crippen LogP contribution in [0, 0.1) is 4.77 Å². The van der Waals surface area contributed by atoms with E-state index < -0.39 is 0 Å². The lowest BCUT2D eigenvalue weighted by Gasteiger charge is -2.10. The Hall–Kier alpha value is -1.43. The Morgan fingerprint density at radius 1 is 1.08 bits per heavy atom. The number of fused-ring (bicyclic) bond motifs is 3. The molecule has 0 radical (unpaired) electrons. The lowest BCUT2D eigenvalue weighted by atomic mass is 9.98. The van der Waals surface area contributed by atoms with E-state index in [0.717, 1.165) is 35.2 Å². The number of thiophene rings is 1. The number of aryl methyl sites for hydroxylation is 2. The van der Waals surface area contributed by atoms with Crippen molar-refractivity contribution < 1.29 is 0 Å². The van der Waals surface area contributed by atoms with Crippen LogP contribution in [-0.4, -0.2) is 9.55 Å². The first kappa shape index (κ1) is 16.1. The number of aromatic nitrogens is 2. The van der Waals surface area contributed by atoms with Crippen LogP contribution in [0.4, 0.5) is 0 Å². The third-order valence-corrected chi connectivity index (χ3v) is 6.34. The maximum atomic E-state index is 13.2. The summed E-state index contributed by atoms with van der Waals surface area (Å²) in [7, 11) is 0. The van der Waals surface area contributed by atoms with Crippen molar-refractivity contribution in [2.24, 2.45) is 0 Å². The number of halogens is 1. The zero-order chi connectivity index (χ0) is 16.7. The van der Waals surface area contributed by atoms with Crippen LogP contribution in [-0.2, 0) is 12.8 Å². The van der Waals surface area contributed by atoms with E-state index in [1.807, 2.05) is 12.1 Å². The number of nitrogens with zero attached hydrogens (tertiary/aromatic N) is 1. The van der Waals surface area contributed by atoms with Gasteiger partial charge in [-0.25, -0.2) is 0 Å². The summed E-state index contributed by atoms with van der Waals surface area (Å²) in [5.41, 5.74) is 1.96. The molecule has 4 rings (SSSR count). The molecule has 0 atom stereocenters. The molecule has 0 unspecified atom stereocenters. The maximum absolute atomic E-state index is 13.2. The monoisotopic (exact) mass is 376 g/mol. The molecule has 1 aliphatic carbocycles. The number of rotatable bonds is 1. The van der Waals surface area contributed by atoms with Gasteiger partial charge < -0.3 is 4.98 Å². The predicted octanol–water partition coefficient (Wildman–Crippen LogP) is 5.42. The first-order valence-corrected chi connectivity index (χ1v) is 9.81. The van der Waals surface area contributed by atoms with E-state index in [0.29, 0.717) is 9.79 Å². The highest BCUT2D eigenvalue weighted by atomic mass is 35.5. The Morgan fingerprint density at radius 3 is 2.54 bits per heavy atom. The molecule has 1 aliphatic rings. The van der Waals surface area contributed by atoms with Crippen molar-refractivity contribution >= 4 is 45.4 Å². The molecule has 124 valence electrons. The summed E-state index contributed by atoms with van der Waals surface area (Å²) >= 11 is 13.1. The number of H-pyrrole nitrogens is 1. The highest BCUT2D eigenvalue weighted by Gasteiger charge is 2.19. The van der Waals surface area contributed by atoms with Crippen molar-refractivity contribution in [3.8, 4) is 5.69 Å². The average molecular weight is 377 g/mol. The fourth-order valence-electron chi connectivity index (χ4n) is 3.42. The second-order valence-corrected chi connectivity index (χ2v) is 8.10. The normalized spacial score (nSPS) is 15.0. The standard InChI is InChI=1S/C18H17ClN2OS2/c19-11-7-9-12(10-8-11)21-17(22)15-13-5-3-1-2-4-6-14(13)24-16(15)20-18(21)23/h7-10H,1-6H2,(H,20,23). The third-order valence-electron chi connectivity index (χ3n) is 4.60. The van der Waals surface area contributed by atoms with E-state index in [1.165, 1.54) is 29.7 Å². The molecule has 0 aliphatic heterocycles. The van der Waals surface area contributed by atoms with Crippen molar-refractivity contribution in [2.75, 3.05) is 0 Å². The lowest BCUT2D eigenvalue weighted by Crippen LogP contribution is -2.20. The van der Waals surface area contributed by atoms with Gasteiger partial charge in [-0.05, 0) is 67.7 Å². The van der Waals surface area contributed by atoms with Crippen LogP contribution in [0.15, 0.2) is 29.1 Å². The Morgan fingerprint density at radius 2 is 1.79 bits per heavy atom. The lowest BCUT2D eigenvalue weighted by molar-refractivity contribution is 0.623. The molecule has 2 aromatic heterocycles. The summed E-state index contributed by atoms with van der Waals surface area (Å²) in [6.07, 6.45) is 6.91. The van der Waals surface area contributed by atoms with Crippen molar-refractivity contribution in [1.29, 1.82) is 0 Å². The van der Waals surface area contributed by atoms with Crippen LogP contribution in [0.5, 0.6) is 0 Å². The van der Waals surface area contributed by atoms with Gasteiger partial charge in [0.25, 0.3) is 5.56 Å². The van der Waals surface area contributed by atoms with E-state index in [9.17, 15) is 4.79 Å². The van der Waals surface area contributed by atoms with E-state index in [-0.39, 0.29) is 5.56 Å². The highest BCUT2D eigenvalue weighted by Crippen LogP contribution is 2.32. The van der Waals surface area contributed by atoms with Gasteiger partial charge in [0.1, 0.15) is 4.83 Å². The van der Waals surface area contributed by atoms with Gasteiger partial charge in [0.15, 0.2) is 4.77 Å². The number of hydrogen-bond acceptors (Lipinski definition) is 3. The van der Waals surface area contributed by atoms with Crippen molar-refractivity contribution in [3.05, 3.63) is 54.9 Å². The second-order valence-electron chi connectivity index (χ2n) is 6.17. The Kier molecular flexibility index (Phi) is 4.33. The van der Waals surface area contributed by atoms with Gasteiger partial charge in [-0.15, -0.1) is 11.3 Å². The molecule has 0 fully saturated rings. The van der Waals surface area contributed by atoms with Gasteiger partial charge in [0, 0.05) is 9.90 Å². The predicted molar refractivity (Wildman–Crippen MR) is 103 cm³/mol. The van der Waals surface area contributed by atoms with Crippen LogP contribution in [0.2, 0.25) is 5.02 Å². The molecule has 3 aromatic rings. The third kappa shape index (κ3) is 2.75. The van der Waals surface area contributed by atoms with Gasteiger partial charge in [0.05, 0.1) is 11.1 Å². The minimum Gasteiger partial charge on any atom is -0.323 e. The zero-order valence-electron chi connectivity index (χ0n) is 13.1. The first-order chi connectivity index (χ1) is 11.6. The van der Waals surface area contributed by atoms with E-state index in [4.69, 9.17) is 23.8 Å². The molecule has 0 spiro atoms. The zero-order valence-corrected chi connectivity index (χ0v) is 15.5. The quantitative estimate of drug-likeness (QED) is 0.575. The fraction of sp³-hybridized carbons (Fsp3) is 0.333. The molecular formula is C18H17ClN2OS2. The molecule has 1 N–H and O–H groups in total. The Labute approximate surface area is 153 Å². The molecule has 0 saturated heterocycles. The molecule has 1 aromatic carbocycles. The molecule has 24 heavy (non-hydrogen) atoms. The Bertz CT molecular complexity index is 1010. The fourth-order valence-corrected chi connectivity index (χ4v) is 5.18. The van der Waals surface area contributed by atoms with Crippen LogP contribution in [0.1, 0.15) is 36.1 Å². The van der Waals surface area contributed by atoms with E-state index in [1.54, 1.807) is 28.0 Å². The van der Waals surface area contributed by atoms with Crippen molar-refractivity contribution in [1.82, 2.24) is 9.55 Å². The van der Waals surface area contributed by atoms with Crippen molar-refractivity contribution in [3.63, 3.8) is 0 Å². The average Bonchev–Trinajstić information content (AvgIpc) is 2.86. The van der Waals surface area contributed by atoms with E-state index in [2.05, 4.69) is 4.98 Å². The minimum absolute atomic E-state index is 0.0193. The Balaban J connectivity index is 1.99. The summed E-state index contributed by atoms with van der Waals surface area (Å²) in [6, 6.07) is 7.21. The van der Waals surface area contributed by atoms with Crippen LogP contribution in [0.3, 0.4) is 0 Å². The van der Waals surface area contributed by atoms with Crippen LogP contribution < -0.4 is 5.56 Å². The summed E-state index contributed by atoms with van der Waals surface area (Å²) < 4.78 is 2.02. The van der Waals surface area contributed by atoms with Crippen LogP contribution in [0.25, 0.3) is 15.9 Å². The first-order valence-electron chi connectivity index (χ1n) is 8.20. The highest BCUT2D eigenvalue weighted by molar-refractivity contribution is 7.71. The van der Waals surface area contributed by atoms with Gasteiger partial charge in [-0.1, -0.05) is 24.4 Å². The second kappa shape index (κ2) is 6.47. The van der Waals surface area contributed by atoms with Crippen LogP contribution >= 0.6 is 35.2 Å². The number of nitrogens with one attached hydrogen (secondary N) is 1. The summed E-state index contributed by atoms with van der Waals surface area (Å²) in [5, 5.41) is 1.46. The molecule has 0 bridgehead atoms. The minimum atomic E-state index is -0.0193. The molecule has 0 amide bonds. The summed E-state index contributed by atoms with van der Waals surface area (Å²) in [6.45, 7) is 0. The molecular weight excluding hydrogens is 360 g/mol. The number of hydrogen-bond donors (Lipinski definition) is 1. The summed E-state index contributed by atoms with van der Waals surface area (Å²) in [5.74, 6) is 0. The summed E-state index contributed by atoms with van der Waals surface area (Å²) in [4.78, 5) is 18.8. The van der Waals surface area contributed by atoms with Gasteiger partial charge in [0.2, 0.25) is 0 Å². The maximum Gasteiger partial charge on any atom is 0.267 e.